The van der Waals surface area contributed by atoms with Crippen molar-refractivity contribution in [2.24, 2.45) is 0 Å². The first-order chi connectivity index (χ1) is 7.90. The van der Waals surface area contributed by atoms with Gasteiger partial charge >= 0.3 is 0 Å². The van der Waals surface area contributed by atoms with Gasteiger partial charge in [0.25, 0.3) is 0 Å². The molecule has 3 rings (SSSR count). The van der Waals surface area contributed by atoms with Crippen LogP contribution in [0.15, 0.2) is 0 Å². The topological polar surface area (TPSA) is 50.9 Å². The van der Waals surface area contributed by atoms with Crippen molar-refractivity contribution in [2.75, 3.05) is 6.61 Å². The molecular weight excluding hydrogens is 202 g/mol. The molecule has 4 heteroatoms. The van der Waals surface area contributed by atoms with Crippen LogP contribution < -0.4 is 0 Å². The van der Waals surface area contributed by atoms with E-state index < -0.39 is 0 Å². The van der Waals surface area contributed by atoms with Gasteiger partial charge in [-0.1, -0.05) is 12.8 Å². The Morgan fingerprint density at radius 3 is 2.69 bits per heavy atom. The zero-order valence-electron chi connectivity index (χ0n) is 9.60. The Morgan fingerprint density at radius 1 is 1.12 bits per heavy atom. The number of fused-ring (bicyclic) bond motifs is 1. The Labute approximate surface area is 95.7 Å². The van der Waals surface area contributed by atoms with E-state index in [1.807, 2.05) is 0 Å². The van der Waals surface area contributed by atoms with Crippen LogP contribution in [0.5, 0.6) is 0 Å². The molecule has 1 saturated carbocycles. The molecule has 4 nitrogen and oxygen atoms in total. The highest BCUT2D eigenvalue weighted by Gasteiger charge is 2.29. The van der Waals surface area contributed by atoms with E-state index in [4.69, 9.17) is 0 Å². The second-order valence-corrected chi connectivity index (χ2v) is 5.05. The van der Waals surface area contributed by atoms with E-state index in [1.54, 1.807) is 0 Å². The molecule has 0 spiro atoms. The van der Waals surface area contributed by atoms with Crippen molar-refractivity contribution < 1.29 is 5.11 Å². The molecule has 16 heavy (non-hydrogen) atoms. The number of nitrogens with zero attached hydrogens (tertiary/aromatic N) is 3. The van der Waals surface area contributed by atoms with Crippen LogP contribution in [-0.2, 0) is 6.42 Å². The lowest BCUT2D eigenvalue weighted by Crippen LogP contribution is -2.23. The number of hydrogen-bond acceptors (Lipinski definition) is 3. The lowest BCUT2D eigenvalue weighted by atomic mass is 10.0. The van der Waals surface area contributed by atoms with Crippen LogP contribution in [-0.4, -0.2) is 26.5 Å². The highest BCUT2D eigenvalue weighted by molar-refractivity contribution is 5.08. The van der Waals surface area contributed by atoms with Gasteiger partial charge < -0.3 is 9.67 Å². The fourth-order valence-corrected chi connectivity index (χ4v) is 3.17. The van der Waals surface area contributed by atoms with E-state index >= 15 is 0 Å². The van der Waals surface area contributed by atoms with Crippen molar-refractivity contribution >= 4 is 0 Å². The van der Waals surface area contributed by atoms with Crippen molar-refractivity contribution in [3.05, 3.63) is 11.6 Å². The second-order valence-electron chi connectivity index (χ2n) is 5.05. The van der Waals surface area contributed by atoms with Gasteiger partial charge in [0, 0.05) is 12.3 Å². The molecule has 0 radical (unpaired) electrons. The molecule has 1 aromatic heterocycles. The number of aryl methyl sites for hydroxylation is 1. The van der Waals surface area contributed by atoms with Gasteiger partial charge in [-0.3, -0.25) is 0 Å². The van der Waals surface area contributed by atoms with Crippen LogP contribution in [0.2, 0.25) is 0 Å². The fraction of sp³-hybridized carbons (Fsp3) is 0.833. The standard InChI is InChI=1S/C12H19N3O/c16-8-10-6-3-7-11-13-14-12(15(10)11)9-4-1-2-5-9/h9-10,16H,1-8H2. The maximum absolute atomic E-state index is 9.45. The van der Waals surface area contributed by atoms with Crippen LogP contribution in [0.4, 0.5) is 0 Å². The maximum Gasteiger partial charge on any atom is 0.136 e. The number of aromatic nitrogens is 3. The summed E-state index contributed by atoms with van der Waals surface area (Å²) in [7, 11) is 0. The third kappa shape index (κ3) is 1.56. The molecule has 1 aromatic rings. The summed E-state index contributed by atoms with van der Waals surface area (Å²) >= 11 is 0. The zero-order chi connectivity index (χ0) is 11.0. The number of hydrogen-bond donors (Lipinski definition) is 1. The summed E-state index contributed by atoms with van der Waals surface area (Å²) < 4.78 is 2.24. The molecule has 0 saturated heterocycles. The Morgan fingerprint density at radius 2 is 1.94 bits per heavy atom. The van der Waals surface area contributed by atoms with Crippen LogP contribution >= 0.6 is 0 Å². The molecule has 0 amide bonds. The summed E-state index contributed by atoms with van der Waals surface area (Å²) in [5.74, 6) is 2.83. The van der Waals surface area contributed by atoms with Gasteiger partial charge in [-0.25, -0.2) is 0 Å². The monoisotopic (exact) mass is 221 g/mol. The van der Waals surface area contributed by atoms with Gasteiger partial charge in [0.15, 0.2) is 0 Å². The summed E-state index contributed by atoms with van der Waals surface area (Å²) in [5.41, 5.74) is 0. The minimum absolute atomic E-state index is 0.227. The van der Waals surface area contributed by atoms with Crippen molar-refractivity contribution in [3.8, 4) is 0 Å². The van der Waals surface area contributed by atoms with E-state index in [2.05, 4.69) is 14.8 Å². The third-order valence-electron chi connectivity index (χ3n) is 4.03. The fourth-order valence-electron chi connectivity index (χ4n) is 3.17. The lowest BCUT2D eigenvalue weighted by molar-refractivity contribution is 0.202. The van der Waals surface area contributed by atoms with E-state index in [-0.39, 0.29) is 12.6 Å². The summed E-state index contributed by atoms with van der Waals surface area (Å²) in [6.07, 6.45) is 8.35. The molecule has 2 heterocycles. The van der Waals surface area contributed by atoms with Crippen LogP contribution in [0.3, 0.4) is 0 Å². The molecule has 0 bridgehead atoms. The highest BCUT2D eigenvalue weighted by atomic mass is 16.3. The Balaban J connectivity index is 1.96. The van der Waals surface area contributed by atoms with E-state index in [0.717, 1.165) is 30.9 Å². The average molecular weight is 221 g/mol. The molecular formula is C12H19N3O. The second kappa shape index (κ2) is 4.17. The first-order valence-electron chi connectivity index (χ1n) is 6.44. The van der Waals surface area contributed by atoms with E-state index in [1.165, 1.54) is 25.7 Å². The van der Waals surface area contributed by atoms with Crippen molar-refractivity contribution in [2.45, 2.75) is 56.9 Å². The first kappa shape index (κ1) is 10.3. The SMILES string of the molecule is OCC1CCCc2nnc(C3CCCC3)n21. The summed E-state index contributed by atoms with van der Waals surface area (Å²) in [6.45, 7) is 0.227. The van der Waals surface area contributed by atoms with E-state index in [0.29, 0.717) is 5.92 Å². The summed E-state index contributed by atoms with van der Waals surface area (Å²) in [4.78, 5) is 0. The normalized spacial score (nSPS) is 25.9. The smallest absolute Gasteiger partial charge is 0.136 e. The van der Waals surface area contributed by atoms with Crippen molar-refractivity contribution in [1.82, 2.24) is 14.8 Å². The number of rotatable bonds is 2. The molecule has 1 fully saturated rings. The quantitative estimate of drug-likeness (QED) is 0.828. The Bertz CT molecular complexity index is 368. The van der Waals surface area contributed by atoms with Gasteiger partial charge in [0.1, 0.15) is 11.6 Å². The van der Waals surface area contributed by atoms with Gasteiger partial charge in [-0.05, 0) is 25.7 Å². The molecule has 0 aromatic carbocycles. The Kier molecular flexibility index (Phi) is 2.67. The van der Waals surface area contributed by atoms with Gasteiger partial charge in [0.2, 0.25) is 0 Å². The van der Waals surface area contributed by atoms with E-state index in [9.17, 15) is 5.11 Å². The lowest BCUT2D eigenvalue weighted by Gasteiger charge is -2.25. The molecule has 1 N–H and O–H groups in total. The minimum Gasteiger partial charge on any atom is -0.394 e. The number of aliphatic hydroxyl groups excluding tert-OH is 1. The Hall–Kier alpha value is -0.900. The zero-order valence-corrected chi connectivity index (χ0v) is 9.60. The molecule has 2 aliphatic rings. The average Bonchev–Trinajstić information content (AvgIpc) is 2.96. The summed E-state index contributed by atoms with van der Waals surface area (Å²) in [6, 6.07) is 0.231. The predicted molar refractivity (Wildman–Crippen MR) is 60.3 cm³/mol. The molecule has 1 aliphatic carbocycles. The molecule has 1 atom stereocenters. The van der Waals surface area contributed by atoms with Crippen LogP contribution in [0.1, 0.15) is 62.1 Å². The first-order valence-corrected chi connectivity index (χ1v) is 6.44. The molecule has 1 aliphatic heterocycles. The third-order valence-corrected chi connectivity index (χ3v) is 4.03. The summed E-state index contributed by atoms with van der Waals surface area (Å²) in [5, 5.41) is 18.1. The largest absolute Gasteiger partial charge is 0.394 e. The van der Waals surface area contributed by atoms with Gasteiger partial charge in [-0.15, -0.1) is 10.2 Å². The highest BCUT2D eigenvalue weighted by Crippen LogP contribution is 2.36. The molecule has 1 unspecified atom stereocenters. The minimum atomic E-state index is 0.227. The van der Waals surface area contributed by atoms with Crippen LogP contribution in [0, 0.1) is 0 Å². The van der Waals surface area contributed by atoms with Gasteiger partial charge in [-0.2, -0.15) is 0 Å². The number of aliphatic hydroxyl groups is 1. The van der Waals surface area contributed by atoms with Crippen molar-refractivity contribution in [3.63, 3.8) is 0 Å². The maximum atomic E-state index is 9.45. The van der Waals surface area contributed by atoms with Crippen LogP contribution in [0.25, 0.3) is 0 Å². The predicted octanol–water partition coefficient (Wildman–Crippen LogP) is 1.81. The molecule has 88 valence electrons. The van der Waals surface area contributed by atoms with Crippen molar-refractivity contribution in [1.29, 1.82) is 0 Å². The van der Waals surface area contributed by atoms with Gasteiger partial charge in [0.05, 0.1) is 12.6 Å².